The van der Waals surface area contributed by atoms with Crippen molar-refractivity contribution in [1.82, 2.24) is 4.90 Å². The van der Waals surface area contributed by atoms with Crippen molar-refractivity contribution in [2.75, 3.05) is 13.1 Å². The summed E-state index contributed by atoms with van der Waals surface area (Å²) < 4.78 is 6.11. The lowest BCUT2D eigenvalue weighted by Crippen LogP contribution is -2.38. The smallest absolute Gasteiger partial charge is 0.128 e. The van der Waals surface area contributed by atoms with Gasteiger partial charge in [-0.05, 0) is 32.5 Å². The van der Waals surface area contributed by atoms with Gasteiger partial charge in [0, 0.05) is 0 Å². The second-order valence-corrected chi connectivity index (χ2v) is 5.40. The van der Waals surface area contributed by atoms with Crippen LogP contribution in [0.1, 0.15) is 39.4 Å². The van der Waals surface area contributed by atoms with E-state index in [0.29, 0.717) is 0 Å². The van der Waals surface area contributed by atoms with Crippen molar-refractivity contribution in [2.24, 2.45) is 0 Å². The quantitative estimate of drug-likeness (QED) is 0.746. The third kappa shape index (κ3) is 2.45. The fraction of sp³-hybridized carbons (Fsp3) is 0.529. The van der Waals surface area contributed by atoms with Crippen LogP contribution in [0.2, 0.25) is 0 Å². The molecule has 0 N–H and O–H groups in total. The Kier molecular flexibility index (Phi) is 4.44. The molecule has 108 valence electrons. The van der Waals surface area contributed by atoms with Crippen LogP contribution in [0.4, 0.5) is 0 Å². The molecule has 3 unspecified atom stereocenters. The molecule has 1 fully saturated rings. The van der Waals surface area contributed by atoms with Crippen molar-refractivity contribution < 1.29 is 9.53 Å². The maximum atomic E-state index is 11.2. The number of hydrogen-bond acceptors (Lipinski definition) is 3. The van der Waals surface area contributed by atoms with Crippen molar-refractivity contribution in [3.8, 4) is 0 Å². The van der Waals surface area contributed by atoms with E-state index >= 15 is 0 Å². The lowest BCUT2D eigenvalue weighted by molar-refractivity contribution is 0.0181. The molecule has 0 radical (unpaired) electrons. The van der Waals surface area contributed by atoms with E-state index in [2.05, 4.69) is 31.6 Å². The van der Waals surface area contributed by atoms with Crippen molar-refractivity contribution in [2.45, 2.75) is 45.4 Å². The lowest BCUT2D eigenvalue weighted by atomic mass is 10.1. The van der Waals surface area contributed by atoms with Crippen LogP contribution in [0, 0.1) is 0 Å². The van der Waals surface area contributed by atoms with Gasteiger partial charge in [-0.1, -0.05) is 44.2 Å². The van der Waals surface area contributed by atoms with Gasteiger partial charge in [0.1, 0.15) is 12.0 Å². The van der Waals surface area contributed by atoms with Crippen LogP contribution in [0.5, 0.6) is 0 Å². The van der Waals surface area contributed by atoms with Crippen LogP contribution >= 0.6 is 0 Å². The second-order valence-electron chi connectivity index (χ2n) is 5.40. The molecule has 0 heterocycles. The monoisotopic (exact) mass is 273 g/mol. The molecule has 1 aliphatic carbocycles. The van der Waals surface area contributed by atoms with Crippen molar-refractivity contribution in [1.29, 1.82) is 0 Å². The number of ether oxygens (including phenoxy) is 1. The predicted octanol–water partition coefficient (Wildman–Crippen LogP) is 3.00. The highest BCUT2D eigenvalue weighted by atomic mass is 16.5. The van der Waals surface area contributed by atoms with Crippen LogP contribution in [0.15, 0.2) is 35.9 Å². The fourth-order valence-electron chi connectivity index (χ4n) is 2.97. The van der Waals surface area contributed by atoms with Gasteiger partial charge in [-0.15, -0.1) is 0 Å². The van der Waals surface area contributed by atoms with E-state index in [1.54, 1.807) is 0 Å². The van der Waals surface area contributed by atoms with Crippen molar-refractivity contribution >= 4 is 5.94 Å². The number of benzene rings is 1. The van der Waals surface area contributed by atoms with Gasteiger partial charge in [-0.3, -0.25) is 4.90 Å². The molecule has 0 aromatic heterocycles. The van der Waals surface area contributed by atoms with Crippen LogP contribution < -0.4 is 0 Å². The minimum atomic E-state index is -0.283. The summed E-state index contributed by atoms with van der Waals surface area (Å²) in [4.78, 5) is 13.4. The molecular formula is C17H23NO2. The van der Waals surface area contributed by atoms with Crippen LogP contribution in [0.3, 0.4) is 0 Å². The molecule has 0 amide bonds. The minimum Gasteiger partial charge on any atom is -0.363 e. The molecule has 2 rings (SSSR count). The third-order valence-electron chi connectivity index (χ3n) is 4.37. The van der Waals surface area contributed by atoms with E-state index in [4.69, 9.17) is 4.74 Å². The molecule has 3 heteroatoms. The maximum Gasteiger partial charge on any atom is 0.128 e. The molecule has 3 nitrogen and oxygen atoms in total. The summed E-state index contributed by atoms with van der Waals surface area (Å²) in [5.41, 5.74) is 1.59. The molecule has 1 saturated carbocycles. The first-order chi connectivity index (χ1) is 9.59. The van der Waals surface area contributed by atoms with Crippen LogP contribution in [-0.4, -0.2) is 35.6 Å². The summed E-state index contributed by atoms with van der Waals surface area (Å²) in [5, 5.41) is 0. The van der Waals surface area contributed by atoms with Gasteiger partial charge in [0.2, 0.25) is 0 Å². The lowest BCUT2D eigenvalue weighted by Gasteiger charge is -2.27. The molecule has 1 aromatic rings. The Morgan fingerprint density at radius 1 is 1.30 bits per heavy atom. The Hall–Kier alpha value is -1.41. The standard InChI is InChI=1S/C17H23NO2/c1-5-18(6-2)17(4)15(12-19)16(17)20-13(3)14-10-8-7-9-11-14/h7-11,13,16H,5-6H2,1-4H3. The number of nitrogens with zero attached hydrogens (tertiary/aromatic N) is 1. The third-order valence-corrected chi connectivity index (χ3v) is 4.37. The van der Waals surface area contributed by atoms with Crippen molar-refractivity contribution in [3.05, 3.63) is 41.5 Å². The minimum absolute atomic E-state index is 0.0260. The van der Waals surface area contributed by atoms with Gasteiger partial charge in [-0.25, -0.2) is 4.79 Å². The van der Waals surface area contributed by atoms with E-state index in [0.717, 1.165) is 24.2 Å². The first kappa shape index (κ1) is 15.0. The summed E-state index contributed by atoms with van der Waals surface area (Å²) in [6.45, 7) is 10.1. The summed E-state index contributed by atoms with van der Waals surface area (Å²) in [5.74, 6) is 2.09. The summed E-state index contributed by atoms with van der Waals surface area (Å²) in [6, 6.07) is 10.1. The Balaban J connectivity index is 2.12. The Morgan fingerprint density at radius 2 is 1.90 bits per heavy atom. The number of carbonyl (C=O) groups excluding carboxylic acids is 1. The zero-order valence-corrected chi connectivity index (χ0v) is 12.7. The zero-order chi connectivity index (χ0) is 14.8. The molecule has 0 saturated heterocycles. The Bertz CT molecular complexity index is 503. The molecular weight excluding hydrogens is 250 g/mol. The molecule has 0 aliphatic heterocycles. The molecule has 1 aromatic carbocycles. The fourth-order valence-corrected chi connectivity index (χ4v) is 2.97. The average molecular weight is 273 g/mol. The summed E-state index contributed by atoms with van der Waals surface area (Å²) in [7, 11) is 0. The predicted molar refractivity (Wildman–Crippen MR) is 80.3 cm³/mol. The maximum absolute atomic E-state index is 11.2. The molecule has 20 heavy (non-hydrogen) atoms. The number of rotatable bonds is 6. The topological polar surface area (TPSA) is 29.5 Å². The van der Waals surface area contributed by atoms with Gasteiger partial charge in [0.15, 0.2) is 0 Å². The molecule has 0 bridgehead atoms. The highest BCUT2D eigenvalue weighted by Crippen LogP contribution is 2.50. The van der Waals surface area contributed by atoms with E-state index in [9.17, 15) is 4.79 Å². The Labute approximate surface area is 121 Å². The normalized spacial score (nSPS) is 26.4. The van der Waals surface area contributed by atoms with Crippen molar-refractivity contribution in [3.63, 3.8) is 0 Å². The Morgan fingerprint density at radius 3 is 2.40 bits per heavy atom. The zero-order valence-electron chi connectivity index (χ0n) is 12.7. The largest absolute Gasteiger partial charge is 0.363 e. The van der Waals surface area contributed by atoms with Gasteiger partial charge in [-0.2, -0.15) is 0 Å². The highest BCUT2D eigenvalue weighted by Gasteiger charge is 2.62. The van der Waals surface area contributed by atoms with Gasteiger partial charge >= 0.3 is 0 Å². The van der Waals surface area contributed by atoms with E-state index < -0.39 is 0 Å². The first-order valence-corrected chi connectivity index (χ1v) is 7.30. The summed E-state index contributed by atoms with van der Waals surface area (Å²) in [6.07, 6.45) is -0.169. The average Bonchev–Trinajstić information content (AvgIpc) is 3.05. The van der Waals surface area contributed by atoms with E-state index in [-0.39, 0.29) is 17.7 Å². The number of hydrogen-bond donors (Lipinski definition) is 0. The SMILES string of the molecule is CCN(CC)C1(C)C(=C=O)C1OC(C)c1ccccc1. The second kappa shape index (κ2) is 5.92. The van der Waals surface area contributed by atoms with Crippen LogP contribution in [0.25, 0.3) is 0 Å². The van der Waals surface area contributed by atoms with Gasteiger partial charge < -0.3 is 4.74 Å². The molecule has 3 atom stereocenters. The summed E-state index contributed by atoms with van der Waals surface area (Å²) >= 11 is 0. The highest BCUT2D eigenvalue weighted by molar-refractivity contribution is 5.70. The molecule has 0 spiro atoms. The van der Waals surface area contributed by atoms with Gasteiger partial charge in [0.25, 0.3) is 0 Å². The van der Waals surface area contributed by atoms with E-state index in [1.165, 1.54) is 0 Å². The molecule has 1 aliphatic rings. The number of likely N-dealkylation sites (N-methyl/N-ethyl adjacent to an activating group) is 1. The van der Waals surface area contributed by atoms with Gasteiger partial charge in [0.05, 0.1) is 17.2 Å². The first-order valence-electron chi connectivity index (χ1n) is 7.30. The van der Waals surface area contributed by atoms with E-state index in [1.807, 2.05) is 37.3 Å². The van der Waals surface area contributed by atoms with Crippen LogP contribution in [-0.2, 0) is 9.53 Å².